The molecule has 2 aromatic carbocycles. The number of methoxy groups -OCH3 is 1. The van der Waals surface area contributed by atoms with Crippen LogP contribution in [0.4, 0.5) is 4.79 Å². The van der Waals surface area contributed by atoms with Gasteiger partial charge < -0.3 is 20.1 Å². The molecule has 6 heteroatoms. The standard InChI is InChI=1S/C23H28N2O4/c1-29-20-10-5-9-18(16-20)21-11-6-14-25(21)23(28)24-19(12-13-22(26)27)15-17-7-3-2-4-8-17/h2-5,7-10,16,19,21H,6,11-15H2,1H3,(H,24,28)(H,26,27). The van der Waals surface area contributed by atoms with Crippen molar-refractivity contribution in [3.8, 4) is 5.75 Å². The number of aliphatic carboxylic acids is 1. The molecule has 6 nitrogen and oxygen atoms in total. The van der Waals surface area contributed by atoms with E-state index >= 15 is 0 Å². The van der Waals surface area contributed by atoms with Crippen LogP contribution in [0.25, 0.3) is 0 Å². The molecule has 2 aromatic rings. The Hall–Kier alpha value is -3.02. The number of carbonyl (C=O) groups is 2. The van der Waals surface area contributed by atoms with Crippen molar-refractivity contribution in [2.24, 2.45) is 0 Å². The van der Waals surface area contributed by atoms with E-state index in [2.05, 4.69) is 5.32 Å². The van der Waals surface area contributed by atoms with E-state index in [4.69, 9.17) is 9.84 Å². The van der Waals surface area contributed by atoms with Gasteiger partial charge in [-0.05, 0) is 48.9 Å². The van der Waals surface area contributed by atoms with E-state index in [1.54, 1.807) is 7.11 Å². The number of rotatable bonds is 8. The summed E-state index contributed by atoms with van der Waals surface area (Å²) in [5.41, 5.74) is 2.14. The smallest absolute Gasteiger partial charge is 0.318 e. The second-order valence-corrected chi connectivity index (χ2v) is 7.40. The normalized spacial score (nSPS) is 17.0. The minimum Gasteiger partial charge on any atom is -0.497 e. The number of nitrogens with zero attached hydrogens (tertiary/aromatic N) is 1. The molecule has 0 radical (unpaired) electrons. The first-order chi connectivity index (χ1) is 14.1. The van der Waals surface area contributed by atoms with Crippen LogP contribution in [0.3, 0.4) is 0 Å². The minimum absolute atomic E-state index is 0.00180. The summed E-state index contributed by atoms with van der Waals surface area (Å²) in [4.78, 5) is 26.0. The average Bonchev–Trinajstić information content (AvgIpc) is 3.23. The number of hydrogen-bond acceptors (Lipinski definition) is 3. The molecule has 1 aliphatic heterocycles. The number of carboxylic acid groups (broad SMARTS) is 1. The molecule has 2 atom stereocenters. The SMILES string of the molecule is COc1cccc(C2CCCN2C(=O)NC(CCC(=O)O)Cc2ccccc2)c1. The molecule has 29 heavy (non-hydrogen) atoms. The summed E-state index contributed by atoms with van der Waals surface area (Å²) in [6, 6.07) is 17.3. The third kappa shape index (κ3) is 5.73. The number of likely N-dealkylation sites (tertiary alicyclic amines) is 1. The molecule has 2 N–H and O–H groups in total. The lowest BCUT2D eigenvalue weighted by atomic mass is 10.0. The van der Waals surface area contributed by atoms with Gasteiger partial charge in [-0.3, -0.25) is 4.79 Å². The first-order valence-corrected chi connectivity index (χ1v) is 10.0. The molecule has 0 aliphatic carbocycles. The highest BCUT2D eigenvalue weighted by atomic mass is 16.5. The zero-order chi connectivity index (χ0) is 20.6. The van der Waals surface area contributed by atoms with E-state index < -0.39 is 5.97 Å². The van der Waals surface area contributed by atoms with Crippen LogP contribution in [0.15, 0.2) is 54.6 Å². The number of amides is 2. The Morgan fingerprint density at radius 3 is 2.72 bits per heavy atom. The minimum atomic E-state index is -0.854. The molecule has 1 aliphatic rings. The predicted molar refractivity (Wildman–Crippen MR) is 111 cm³/mol. The van der Waals surface area contributed by atoms with Crippen molar-refractivity contribution in [2.45, 2.75) is 44.2 Å². The second kappa shape index (κ2) is 9.96. The molecular formula is C23H28N2O4. The Morgan fingerprint density at radius 1 is 1.21 bits per heavy atom. The van der Waals surface area contributed by atoms with Crippen molar-refractivity contribution >= 4 is 12.0 Å². The zero-order valence-corrected chi connectivity index (χ0v) is 16.7. The van der Waals surface area contributed by atoms with Crippen LogP contribution < -0.4 is 10.1 Å². The van der Waals surface area contributed by atoms with Crippen molar-refractivity contribution in [1.82, 2.24) is 10.2 Å². The van der Waals surface area contributed by atoms with E-state index in [0.717, 1.165) is 29.7 Å². The molecule has 2 unspecified atom stereocenters. The van der Waals surface area contributed by atoms with Crippen LogP contribution >= 0.6 is 0 Å². The first kappa shape index (κ1) is 20.7. The molecule has 3 rings (SSSR count). The molecule has 0 aromatic heterocycles. The van der Waals surface area contributed by atoms with Crippen LogP contribution in [-0.2, 0) is 11.2 Å². The molecule has 154 valence electrons. The summed E-state index contributed by atoms with van der Waals surface area (Å²) >= 11 is 0. The lowest BCUT2D eigenvalue weighted by Crippen LogP contribution is -2.45. The Kier molecular flexibility index (Phi) is 7.11. The maximum atomic E-state index is 13.1. The highest BCUT2D eigenvalue weighted by Crippen LogP contribution is 2.33. The first-order valence-electron chi connectivity index (χ1n) is 10.0. The maximum Gasteiger partial charge on any atom is 0.318 e. The number of hydrogen-bond donors (Lipinski definition) is 2. The van der Waals surface area contributed by atoms with Gasteiger partial charge in [0.25, 0.3) is 0 Å². The van der Waals surface area contributed by atoms with Gasteiger partial charge in [-0.15, -0.1) is 0 Å². The number of nitrogens with one attached hydrogen (secondary N) is 1. The number of benzene rings is 2. The van der Waals surface area contributed by atoms with Crippen LogP contribution in [-0.4, -0.2) is 41.7 Å². The topological polar surface area (TPSA) is 78.9 Å². The average molecular weight is 396 g/mol. The zero-order valence-electron chi connectivity index (χ0n) is 16.7. The fraction of sp³-hybridized carbons (Fsp3) is 0.391. The van der Waals surface area contributed by atoms with E-state index in [0.29, 0.717) is 19.4 Å². The molecule has 0 bridgehead atoms. The van der Waals surface area contributed by atoms with Gasteiger partial charge in [0.2, 0.25) is 0 Å². The van der Waals surface area contributed by atoms with Gasteiger partial charge in [-0.2, -0.15) is 0 Å². The Labute approximate surface area is 171 Å². The molecular weight excluding hydrogens is 368 g/mol. The summed E-state index contributed by atoms with van der Waals surface area (Å²) < 4.78 is 5.32. The van der Waals surface area contributed by atoms with E-state index in [9.17, 15) is 9.59 Å². The van der Waals surface area contributed by atoms with Crippen LogP contribution in [0.1, 0.15) is 42.9 Å². The third-order valence-electron chi connectivity index (χ3n) is 5.35. The summed E-state index contributed by atoms with van der Waals surface area (Å²) in [6.45, 7) is 0.685. The van der Waals surface area contributed by atoms with Crippen molar-refractivity contribution < 1.29 is 19.4 Å². The van der Waals surface area contributed by atoms with Crippen LogP contribution in [0, 0.1) is 0 Å². The van der Waals surface area contributed by atoms with Gasteiger partial charge >= 0.3 is 12.0 Å². The molecule has 0 spiro atoms. The molecule has 1 saturated heterocycles. The summed E-state index contributed by atoms with van der Waals surface area (Å²) in [5.74, 6) is -0.0779. The van der Waals surface area contributed by atoms with E-state index in [1.807, 2.05) is 59.5 Å². The molecule has 1 fully saturated rings. The fourth-order valence-corrected chi connectivity index (χ4v) is 3.88. The van der Waals surface area contributed by atoms with Crippen LogP contribution in [0.2, 0.25) is 0 Å². The van der Waals surface area contributed by atoms with Gasteiger partial charge in [0.05, 0.1) is 13.2 Å². The van der Waals surface area contributed by atoms with Gasteiger partial charge in [-0.25, -0.2) is 4.79 Å². The quantitative estimate of drug-likeness (QED) is 0.706. The van der Waals surface area contributed by atoms with Gasteiger partial charge in [-0.1, -0.05) is 42.5 Å². The third-order valence-corrected chi connectivity index (χ3v) is 5.35. The fourth-order valence-electron chi connectivity index (χ4n) is 3.88. The van der Waals surface area contributed by atoms with Crippen molar-refractivity contribution in [3.63, 3.8) is 0 Å². The monoisotopic (exact) mass is 396 g/mol. The van der Waals surface area contributed by atoms with Gasteiger partial charge in [0.15, 0.2) is 0 Å². The molecule has 1 heterocycles. The predicted octanol–water partition coefficient (Wildman–Crippen LogP) is 4.02. The van der Waals surface area contributed by atoms with Crippen molar-refractivity contribution in [2.75, 3.05) is 13.7 Å². The number of carboxylic acids is 1. The van der Waals surface area contributed by atoms with Crippen LogP contribution in [0.5, 0.6) is 5.75 Å². The Balaban J connectivity index is 1.70. The number of urea groups is 1. The maximum absolute atomic E-state index is 13.1. The highest BCUT2D eigenvalue weighted by Gasteiger charge is 2.31. The van der Waals surface area contributed by atoms with E-state index in [-0.39, 0.29) is 24.5 Å². The Bertz CT molecular complexity index is 825. The lowest BCUT2D eigenvalue weighted by Gasteiger charge is -2.28. The highest BCUT2D eigenvalue weighted by molar-refractivity contribution is 5.75. The van der Waals surface area contributed by atoms with E-state index in [1.165, 1.54) is 0 Å². The summed E-state index contributed by atoms with van der Waals surface area (Å²) in [7, 11) is 1.63. The number of carbonyl (C=O) groups excluding carboxylic acids is 1. The molecule has 0 saturated carbocycles. The summed E-state index contributed by atoms with van der Waals surface area (Å²) in [6.07, 6.45) is 2.87. The van der Waals surface area contributed by atoms with Crippen molar-refractivity contribution in [1.29, 1.82) is 0 Å². The summed E-state index contributed by atoms with van der Waals surface area (Å²) in [5, 5.41) is 12.2. The largest absolute Gasteiger partial charge is 0.497 e. The second-order valence-electron chi connectivity index (χ2n) is 7.40. The number of ether oxygens (including phenoxy) is 1. The van der Waals surface area contributed by atoms with Gasteiger partial charge in [0, 0.05) is 19.0 Å². The lowest BCUT2D eigenvalue weighted by molar-refractivity contribution is -0.137. The van der Waals surface area contributed by atoms with Gasteiger partial charge in [0.1, 0.15) is 5.75 Å². The van der Waals surface area contributed by atoms with Crippen molar-refractivity contribution in [3.05, 3.63) is 65.7 Å². The Morgan fingerprint density at radius 2 is 2.00 bits per heavy atom. The molecule has 2 amide bonds.